The van der Waals surface area contributed by atoms with Crippen molar-refractivity contribution in [2.75, 3.05) is 6.54 Å². The third kappa shape index (κ3) is 5.51. The summed E-state index contributed by atoms with van der Waals surface area (Å²) in [7, 11) is 0. The van der Waals surface area contributed by atoms with E-state index in [1.807, 2.05) is 13.8 Å². The number of aromatic nitrogens is 1. The molecule has 0 fully saturated rings. The Morgan fingerprint density at radius 2 is 2.09 bits per heavy atom. The van der Waals surface area contributed by atoms with Crippen LogP contribution in [0.15, 0.2) is 30.0 Å². The molecule has 0 atom stereocenters. The van der Waals surface area contributed by atoms with Crippen LogP contribution in [0.1, 0.15) is 66.8 Å². The van der Waals surface area contributed by atoms with Crippen molar-refractivity contribution in [1.29, 1.82) is 0 Å². The van der Waals surface area contributed by atoms with Crippen LogP contribution in [-0.4, -0.2) is 29.4 Å². The summed E-state index contributed by atoms with van der Waals surface area (Å²) in [5.74, 6) is -0.426. The highest BCUT2D eigenvalue weighted by Gasteiger charge is 2.12. The highest BCUT2D eigenvalue weighted by atomic mass is 16.2. The first-order chi connectivity index (χ1) is 11.1. The Bertz CT molecular complexity index is 594. The first-order valence-electron chi connectivity index (χ1n) is 8.29. The fraction of sp³-hybridized carbons (Fsp3) is 0.500. The largest absolute Gasteiger partial charge is 0.352 e. The highest BCUT2D eigenvalue weighted by molar-refractivity contribution is 5.98. The van der Waals surface area contributed by atoms with E-state index in [-0.39, 0.29) is 23.6 Å². The topological polar surface area (TPSA) is 71.1 Å². The van der Waals surface area contributed by atoms with Gasteiger partial charge >= 0.3 is 0 Å². The number of hydrogen-bond acceptors (Lipinski definition) is 3. The summed E-state index contributed by atoms with van der Waals surface area (Å²) >= 11 is 0. The van der Waals surface area contributed by atoms with E-state index in [0.717, 1.165) is 19.3 Å². The minimum Gasteiger partial charge on any atom is -0.352 e. The van der Waals surface area contributed by atoms with Crippen molar-refractivity contribution in [2.45, 2.75) is 52.0 Å². The molecule has 0 bridgehead atoms. The zero-order chi connectivity index (χ0) is 16.7. The maximum atomic E-state index is 12.2. The average Bonchev–Trinajstić information content (AvgIpc) is 2.55. The van der Waals surface area contributed by atoms with Gasteiger partial charge in [-0.2, -0.15) is 0 Å². The van der Waals surface area contributed by atoms with Gasteiger partial charge in [-0.05, 0) is 58.1 Å². The second kappa shape index (κ2) is 8.46. The number of pyridine rings is 1. The third-order valence-corrected chi connectivity index (χ3v) is 3.79. The molecule has 0 saturated heterocycles. The Morgan fingerprint density at radius 3 is 2.78 bits per heavy atom. The molecule has 1 aliphatic carbocycles. The van der Waals surface area contributed by atoms with Gasteiger partial charge in [0, 0.05) is 24.3 Å². The van der Waals surface area contributed by atoms with Gasteiger partial charge in [-0.15, -0.1) is 0 Å². The summed E-state index contributed by atoms with van der Waals surface area (Å²) in [5.41, 5.74) is 2.16. The third-order valence-electron chi connectivity index (χ3n) is 3.79. The van der Waals surface area contributed by atoms with Gasteiger partial charge in [0.25, 0.3) is 11.8 Å². The van der Waals surface area contributed by atoms with Crippen LogP contribution >= 0.6 is 0 Å². The van der Waals surface area contributed by atoms with E-state index >= 15 is 0 Å². The molecule has 1 heterocycles. The Labute approximate surface area is 137 Å². The van der Waals surface area contributed by atoms with E-state index < -0.39 is 0 Å². The van der Waals surface area contributed by atoms with Crippen LogP contribution in [0.2, 0.25) is 0 Å². The lowest BCUT2D eigenvalue weighted by atomic mass is 9.97. The highest BCUT2D eigenvalue weighted by Crippen LogP contribution is 2.19. The second-order valence-corrected chi connectivity index (χ2v) is 6.17. The summed E-state index contributed by atoms with van der Waals surface area (Å²) in [4.78, 5) is 28.2. The minimum absolute atomic E-state index is 0.0329. The van der Waals surface area contributed by atoms with Crippen molar-refractivity contribution >= 4 is 11.8 Å². The van der Waals surface area contributed by atoms with E-state index in [1.165, 1.54) is 30.7 Å². The summed E-state index contributed by atoms with van der Waals surface area (Å²) in [6, 6.07) is 3.19. The van der Waals surface area contributed by atoms with Crippen LogP contribution in [0.4, 0.5) is 0 Å². The van der Waals surface area contributed by atoms with Crippen LogP contribution in [0, 0.1) is 0 Å². The fourth-order valence-electron chi connectivity index (χ4n) is 2.60. The molecule has 2 amide bonds. The number of amides is 2. The van der Waals surface area contributed by atoms with Gasteiger partial charge in [0.05, 0.1) is 0 Å². The quantitative estimate of drug-likeness (QED) is 0.793. The molecule has 0 radical (unpaired) electrons. The summed E-state index contributed by atoms with van der Waals surface area (Å²) < 4.78 is 0. The molecule has 0 spiro atoms. The van der Waals surface area contributed by atoms with Crippen LogP contribution in [0.25, 0.3) is 0 Å². The number of allylic oxidation sites excluding steroid dienone is 1. The molecule has 0 saturated carbocycles. The molecule has 1 aromatic rings. The predicted octanol–water partition coefficient (Wildman–Crippen LogP) is 2.84. The predicted molar refractivity (Wildman–Crippen MR) is 90.3 cm³/mol. The maximum absolute atomic E-state index is 12.2. The number of rotatable bonds is 6. The standard InChI is InChI=1S/C18H25N3O2/c1-13(2)21-18(23)16-12-15(9-11-19-16)17(22)20-10-8-14-6-4-3-5-7-14/h6,9,11-13H,3-5,7-8,10H2,1-2H3,(H,20,22)(H,21,23). The molecule has 5 heteroatoms. The fourth-order valence-corrected chi connectivity index (χ4v) is 2.60. The Kier molecular flexibility index (Phi) is 6.32. The van der Waals surface area contributed by atoms with Crippen LogP contribution in [-0.2, 0) is 0 Å². The average molecular weight is 315 g/mol. The molecule has 5 nitrogen and oxygen atoms in total. The van der Waals surface area contributed by atoms with Crippen molar-refractivity contribution in [3.05, 3.63) is 41.2 Å². The van der Waals surface area contributed by atoms with Crippen molar-refractivity contribution < 1.29 is 9.59 Å². The van der Waals surface area contributed by atoms with Crippen molar-refractivity contribution in [3.8, 4) is 0 Å². The number of hydrogen-bond donors (Lipinski definition) is 2. The second-order valence-electron chi connectivity index (χ2n) is 6.17. The molecule has 1 aromatic heterocycles. The Balaban J connectivity index is 1.89. The van der Waals surface area contributed by atoms with Crippen molar-refractivity contribution in [2.24, 2.45) is 0 Å². The molecule has 2 N–H and O–H groups in total. The molecule has 1 aliphatic rings. The van der Waals surface area contributed by atoms with Gasteiger partial charge in [0.1, 0.15) is 5.69 Å². The molecular weight excluding hydrogens is 290 g/mol. The van der Waals surface area contributed by atoms with Crippen LogP contribution in [0.3, 0.4) is 0 Å². The molecule has 2 rings (SSSR count). The minimum atomic E-state index is -0.262. The van der Waals surface area contributed by atoms with Crippen LogP contribution in [0.5, 0.6) is 0 Å². The first-order valence-corrected chi connectivity index (χ1v) is 8.29. The number of carbonyl (C=O) groups excluding carboxylic acids is 2. The lowest BCUT2D eigenvalue weighted by Crippen LogP contribution is -2.31. The lowest BCUT2D eigenvalue weighted by Gasteiger charge is -2.13. The number of carbonyl (C=O) groups is 2. The summed E-state index contributed by atoms with van der Waals surface area (Å²) in [5, 5.41) is 5.68. The molecule has 124 valence electrons. The van der Waals surface area contributed by atoms with Gasteiger partial charge in [-0.25, -0.2) is 0 Å². The Hall–Kier alpha value is -2.17. The molecule has 0 aliphatic heterocycles. The normalized spacial score (nSPS) is 14.3. The van der Waals surface area contributed by atoms with Gasteiger partial charge in [-0.1, -0.05) is 11.6 Å². The smallest absolute Gasteiger partial charge is 0.270 e. The first kappa shape index (κ1) is 17.2. The summed E-state index contributed by atoms with van der Waals surface area (Å²) in [6.07, 6.45) is 9.50. The van der Waals surface area contributed by atoms with Gasteiger partial charge < -0.3 is 10.6 Å². The monoisotopic (exact) mass is 315 g/mol. The SMILES string of the molecule is CC(C)NC(=O)c1cc(C(=O)NCCC2=CCCCC2)ccn1. The van der Waals surface area contributed by atoms with Gasteiger partial charge in [-0.3, -0.25) is 14.6 Å². The van der Waals surface area contributed by atoms with E-state index in [4.69, 9.17) is 0 Å². The van der Waals surface area contributed by atoms with Crippen molar-refractivity contribution in [1.82, 2.24) is 15.6 Å². The van der Waals surface area contributed by atoms with E-state index in [1.54, 1.807) is 6.07 Å². The molecule has 23 heavy (non-hydrogen) atoms. The van der Waals surface area contributed by atoms with Gasteiger partial charge in [0.15, 0.2) is 0 Å². The number of nitrogens with one attached hydrogen (secondary N) is 2. The summed E-state index contributed by atoms with van der Waals surface area (Å²) in [6.45, 7) is 4.39. The zero-order valence-electron chi connectivity index (χ0n) is 13.9. The molecular formula is C18H25N3O2. The van der Waals surface area contributed by atoms with E-state index in [2.05, 4.69) is 21.7 Å². The van der Waals surface area contributed by atoms with Crippen LogP contribution < -0.4 is 10.6 Å². The number of nitrogens with zero attached hydrogens (tertiary/aromatic N) is 1. The molecule has 0 aromatic carbocycles. The maximum Gasteiger partial charge on any atom is 0.270 e. The zero-order valence-corrected chi connectivity index (χ0v) is 13.9. The van der Waals surface area contributed by atoms with Gasteiger partial charge in [0.2, 0.25) is 0 Å². The van der Waals surface area contributed by atoms with E-state index in [0.29, 0.717) is 12.1 Å². The lowest BCUT2D eigenvalue weighted by molar-refractivity contribution is 0.0938. The molecule has 0 unspecified atom stereocenters. The van der Waals surface area contributed by atoms with Crippen molar-refractivity contribution in [3.63, 3.8) is 0 Å². The van der Waals surface area contributed by atoms with E-state index in [9.17, 15) is 9.59 Å². The Morgan fingerprint density at radius 1 is 1.26 bits per heavy atom.